The van der Waals surface area contributed by atoms with Gasteiger partial charge in [-0.1, -0.05) is 43.2 Å². The Morgan fingerprint density at radius 2 is 1.77 bits per heavy atom. The number of hydrogen-bond donors (Lipinski definition) is 1. The van der Waals surface area contributed by atoms with Gasteiger partial charge in [-0.3, -0.25) is 4.79 Å². The van der Waals surface area contributed by atoms with Crippen LogP contribution in [-0.2, 0) is 6.54 Å². The number of carbonyl (C=O) groups is 1. The van der Waals surface area contributed by atoms with Gasteiger partial charge in [-0.15, -0.1) is 0 Å². The molecular weight excluding hydrogens is 274 g/mol. The van der Waals surface area contributed by atoms with Gasteiger partial charge in [0.05, 0.1) is 11.3 Å². The van der Waals surface area contributed by atoms with Gasteiger partial charge in [0.1, 0.15) is 5.82 Å². The number of benzene rings is 1. The molecule has 1 aromatic carbocycles. The SMILES string of the molecule is Cc1cc(C)cc(CNC(=O)c2cnc(C)nc2C(C)C)c1. The van der Waals surface area contributed by atoms with Gasteiger partial charge in [-0.25, -0.2) is 9.97 Å². The molecule has 0 aliphatic carbocycles. The van der Waals surface area contributed by atoms with E-state index in [1.54, 1.807) is 6.20 Å². The first-order chi connectivity index (χ1) is 10.4. The Morgan fingerprint density at radius 1 is 1.14 bits per heavy atom. The molecule has 4 nitrogen and oxygen atoms in total. The number of rotatable bonds is 4. The Kier molecular flexibility index (Phi) is 4.91. The maximum atomic E-state index is 12.4. The van der Waals surface area contributed by atoms with Crippen molar-refractivity contribution in [2.75, 3.05) is 0 Å². The quantitative estimate of drug-likeness (QED) is 0.940. The van der Waals surface area contributed by atoms with Gasteiger partial charge in [0, 0.05) is 12.7 Å². The zero-order valence-corrected chi connectivity index (χ0v) is 13.9. The average molecular weight is 297 g/mol. The molecule has 0 aliphatic heterocycles. The second kappa shape index (κ2) is 6.69. The molecule has 0 radical (unpaired) electrons. The van der Waals surface area contributed by atoms with Gasteiger partial charge in [0.15, 0.2) is 0 Å². The first-order valence-corrected chi connectivity index (χ1v) is 7.55. The lowest BCUT2D eigenvalue weighted by Gasteiger charge is -2.12. The lowest BCUT2D eigenvalue weighted by molar-refractivity contribution is 0.0948. The molecule has 0 aliphatic rings. The molecule has 116 valence electrons. The fourth-order valence-corrected chi connectivity index (χ4v) is 2.55. The maximum Gasteiger partial charge on any atom is 0.254 e. The number of hydrogen-bond acceptors (Lipinski definition) is 3. The minimum atomic E-state index is -0.122. The third-order valence-corrected chi connectivity index (χ3v) is 3.46. The second-order valence-electron chi connectivity index (χ2n) is 6.05. The molecule has 0 saturated carbocycles. The zero-order chi connectivity index (χ0) is 16.3. The molecule has 0 fully saturated rings. The molecule has 4 heteroatoms. The molecule has 22 heavy (non-hydrogen) atoms. The lowest BCUT2D eigenvalue weighted by Crippen LogP contribution is -2.25. The predicted molar refractivity (Wildman–Crippen MR) is 87.9 cm³/mol. The highest BCUT2D eigenvalue weighted by Crippen LogP contribution is 2.17. The summed E-state index contributed by atoms with van der Waals surface area (Å²) in [5.74, 6) is 0.751. The Labute approximate surface area is 132 Å². The molecule has 2 aromatic rings. The summed E-state index contributed by atoms with van der Waals surface area (Å²) in [5, 5.41) is 2.97. The zero-order valence-electron chi connectivity index (χ0n) is 13.9. The highest BCUT2D eigenvalue weighted by molar-refractivity contribution is 5.95. The number of amides is 1. The van der Waals surface area contributed by atoms with E-state index in [0.717, 1.165) is 11.3 Å². The summed E-state index contributed by atoms with van der Waals surface area (Å²) in [5.41, 5.74) is 4.86. The van der Waals surface area contributed by atoms with E-state index < -0.39 is 0 Å². The summed E-state index contributed by atoms with van der Waals surface area (Å²) in [6, 6.07) is 6.29. The number of carbonyl (C=O) groups excluding carboxylic acids is 1. The molecule has 2 rings (SSSR count). The van der Waals surface area contributed by atoms with Crippen LogP contribution in [0.1, 0.15) is 58.3 Å². The number of aromatic nitrogens is 2. The van der Waals surface area contributed by atoms with Crippen LogP contribution >= 0.6 is 0 Å². The van der Waals surface area contributed by atoms with E-state index in [1.165, 1.54) is 11.1 Å². The van der Waals surface area contributed by atoms with Gasteiger partial charge in [-0.2, -0.15) is 0 Å². The molecule has 1 heterocycles. The monoisotopic (exact) mass is 297 g/mol. The van der Waals surface area contributed by atoms with Crippen LogP contribution in [0.5, 0.6) is 0 Å². The van der Waals surface area contributed by atoms with Crippen molar-refractivity contribution in [3.63, 3.8) is 0 Å². The Bertz CT molecular complexity index is 672. The summed E-state index contributed by atoms with van der Waals surface area (Å²) in [6.45, 7) is 10.5. The highest BCUT2D eigenvalue weighted by Gasteiger charge is 2.16. The molecule has 0 atom stereocenters. The summed E-state index contributed by atoms with van der Waals surface area (Å²) in [7, 11) is 0. The Hall–Kier alpha value is -2.23. The third kappa shape index (κ3) is 3.91. The first kappa shape index (κ1) is 16.1. The number of aryl methyl sites for hydroxylation is 3. The van der Waals surface area contributed by atoms with Crippen molar-refractivity contribution in [1.82, 2.24) is 15.3 Å². The topological polar surface area (TPSA) is 54.9 Å². The summed E-state index contributed by atoms with van der Waals surface area (Å²) in [6.07, 6.45) is 1.62. The van der Waals surface area contributed by atoms with E-state index in [1.807, 2.05) is 20.8 Å². The average Bonchev–Trinajstić information content (AvgIpc) is 2.43. The smallest absolute Gasteiger partial charge is 0.254 e. The second-order valence-corrected chi connectivity index (χ2v) is 6.05. The fourth-order valence-electron chi connectivity index (χ4n) is 2.55. The molecule has 1 aromatic heterocycles. The van der Waals surface area contributed by atoms with Gasteiger partial charge >= 0.3 is 0 Å². The van der Waals surface area contributed by atoms with Gasteiger partial charge < -0.3 is 5.32 Å². The molecule has 0 spiro atoms. The van der Waals surface area contributed by atoms with Crippen molar-refractivity contribution in [2.45, 2.75) is 47.1 Å². The van der Waals surface area contributed by atoms with Crippen LogP contribution in [-0.4, -0.2) is 15.9 Å². The molecule has 0 unspecified atom stereocenters. The van der Waals surface area contributed by atoms with Crippen LogP contribution < -0.4 is 5.32 Å². The van der Waals surface area contributed by atoms with Crippen LogP contribution in [0.3, 0.4) is 0 Å². The van der Waals surface area contributed by atoms with Crippen LogP contribution in [0.15, 0.2) is 24.4 Å². The van der Waals surface area contributed by atoms with Crippen molar-refractivity contribution >= 4 is 5.91 Å². The summed E-state index contributed by atoms with van der Waals surface area (Å²) < 4.78 is 0. The van der Waals surface area contributed by atoms with E-state index >= 15 is 0 Å². The van der Waals surface area contributed by atoms with Gasteiger partial charge in [-0.05, 0) is 32.3 Å². The van der Waals surface area contributed by atoms with E-state index in [9.17, 15) is 4.79 Å². The number of nitrogens with one attached hydrogen (secondary N) is 1. The van der Waals surface area contributed by atoms with E-state index in [4.69, 9.17) is 0 Å². The fraction of sp³-hybridized carbons (Fsp3) is 0.389. The third-order valence-electron chi connectivity index (χ3n) is 3.46. The first-order valence-electron chi connectivity index (χ1n) is 7.55. The largest absolute Gasteiger partial charge is 0.348 e. The standard InChI is InChI=1S/C18H23N3O/c1-11(2)17-16(10-19-14(5)21-17)18(22)20-9-15-7-12(3)6-13(4)8-15/h6-8,10-11H,9H2,1-5H3,(H,20,22). The molecule has 0 bridgehead atoms. The number of nitrogens with zero attached hydrogens (tertiary/aromatic N) is 2. The van der Waals surface area contributed by atoms with Crippen molar-refractivity contribution in [2.24, 2.45) is 0 Å². The van der Waals surface area contributed by atoms with E-state index in [0.29, 0.717) is 17.9 Å². The van der Waals surface area contributed by atoms with Crippen LogP contribution in [0.2, 0.25) is 0 Å². The van der Waals surface area contributed by atoms with Crippen molar-refractivity contribution < 1.29 is 4.79 Å². The van der Waals surface area contributed by atoms with Crippen molar-refractivity contribution in [3.8, 4) is 0 Å². The van der Waals surface area contributed by atoms with E-state index in [-0.39, 0.29) is 11.8 Å². The van der Waals surface area contributed by atoms with Crippen molar-refractivity contribution in [3.05, 3.63) is 58.2 Å². The minimum absolute atomic E-state index is 0.122. The Balaban J connectivity index is 2.16. The molecule has 1 N–H and O–H groups in total. The highest BCUT2D eigenvalue weighted by atomic mass is 16.1. The minimum Gasteiger partial charge on any atom is -0.348 e. The predicted octanol–water partition coefficient (Wildman–Crippen LogP) is 3.46. The molecule has 0 saturated heterocycles. The Morgan fingerprint density at radius 3 is 2.36 bits per heavy atom. The van der Waals surface area contributed by atoms with Crippen LogP contribution in [0.25, 0.3) is 0 Å². The normalized spacial score (nSPS) is 10.8. The van der Waals surface area contributed by atoms with Crippen LogP contribution in [0.4, 0.5) is 0 Å². The maximum absolute atomic E-state index is 12.4. The van der Waals surface area contributed by atoms with E-state index in [2.05, 4.69) is 47.3 Å². The summed E-state index contributed by atoms with van der Waals surface area (Å²) >= 11 is 0. The lowest BCUT2D eigenvalue weighted by atomic mass is 10.0. The molecule has 1 amide bonds. The van der Waals surface area contributed by atoms with Crippen molar-refractivity contribution in [1.29, 1.82) is 0 Å². The summed E-state index contributed by atoms with van der Waals surface area (Å²) in [4.78, 5) is 21.0. The van der Waals surface area contributed by atoms with Gasteiger partial charge in [0.25, 0.3) is 5.91 Å². The van der Waals surface area contributed by atoms with Crippen LogP contribution in [0, 0.1) is 20.8 Å². The van der Waals surface area contributed by atoms with Gasteiger partial charge in [0.2, 0.25) is 0 Å². The molecular formula is C18H23N3O.